The second-order valence-electron chi connectivity index (χ2n) is 8.69. The van der Waals surface area contributed by atoms with Gasteiger partial charge in [-0.3, -0.25) is 14.9 Å². The van der Waals surface area contributed by atoms with Crippen molar-refractivity contribution >= 4 is 23.9 Å². The first-order valence-electron chi connectivity index (χ1n) is 11.0. The summed E-state index contributed by atoms with van der Waals surface area (Å²) in [5.74, 6) is -1.96. The van der Waals surface area contributed by atoms with Gasteiger partial charge >= 0.3 is 12.1 Å². The van der Waals surface area contributed by atoms with E-state index in [0.29, 0.717) is 6.42 Å². The van der Waals surface area contributed by atoms with Crippen LogP contribution in [0.2, 0.25) is 0 Å². The smallest absolute Gasteiger partial charge is 0.407 e. The quantitative estimate of drug-likeness (QED) is 0.496. The number of hydrogen-bond acceptors (Lipinski definition) is 6. The highest BCUT2D eigenvalue weighted by molar-refractivity contribution is 6.05. The van der Waals surface area contributed by atoms with E-state index in [1.165, 1.54) is 0 Å². The molecule has 0 saturated carbocycles. The molecule has 1 aliphatic carbocycles. The third kappa shape index (κ3) is 4.89. The van der Waals surface area contributed by atoms with E-state index in [2.05, 4.69) is 10.6 Å². The number of carbonyl (C=O) groups is 4. The Morgan fingerprint density at radius 2 is 1.64 bits per heavy atom. The Morgan fingerprint density at radius 3 is 2.18 bits per heavy atom. The van der Waals surface area contributed by atoms with Gasteiger partial charge in [0.05, 0.1) is 6.42 Å². The fourth-order valence-corrected chi connectivity index (χ4v) is 4.32. The van der Waals surface area contributed by atoms with Crippen LogP contribution in [0.5, 0.6) is 0 Å². The Labute approximate surface area is 191 Å². The molecule has 2 aromatic carbocycles. The van der Waals surface area contributed by atoms with E-state index in [-0.39, 0.29) is 24.9 Å². The van der Waals surface area contributed by atoms with Crippen LogP contribution in [0.3, 0.4) is 0 Å². The van der Waals surface area contributed by atoms with E-state index in [0.717, 1.165) is 22.3 Å². The topological polar surface area (TPSA) is 111 Å². The molecule has 33 heavy (non-hydrogen) atoms. The molecule has 2 aromatic rings. The van der Waals surface area contributed by atoms with Crippen molar-refractivity contribution in [3.05, 3.63) is 59.7 Å². The number of benzene rings is 2. The van der Waals surface area contributed by atoms with Crippen LogP contribution < -0.4 is 10.6 Å². The summed E-state index contributed by atoms with van der Waals surface area (Å²) in [6.45, 7) is 3.90. The Hall–Kier alpha value is -3.68. The predicted octanol–water partition coefficient (Wildman–Crippen LogP) is 2.90. The number of hydrogen-bond donors (Lipinski definition) is 2. The second-order valence-corrected chi connectivity index (χ2v) is 8.69. The average Bonchev–Trinajstić information content (AvgIpc) is 3.27. The molecule has 8 nitrogen and oxygen atoms in total. The zero-order valence-electron chi connectivity index (χ0n) is 18.5. The van der Waals surface area contributed by atoms with Crippen molar-refractivity contribution in [1.82, 2.24) is 10.6 Å². The standard InChI is InChI=1S/C25H26N2O6/c1-14(2)11-20(24(30)33-21-12-22(28)27-23(21)29)26-25(31)32-13-19-17-9-5-3-7-15(17)16-8-4-6-10-18(16)19/h3-10,14,19-21H,11-13H2,1-2H3,(H,26,31)(H,27,28,29)/t20-,21?/m0/s1. The molecule has 2 atom stereocenters. The third-order valence-corrected chi connectivity index (χ3v) is 5.81. The fourth-order valence-electron chi connectivity index (χ4n) is 4.32. The summed E-state index contributed by atoms with van der Waals surface area (Å²) in [7, 11) is 0. The molecule has 8 heteroatoms. The molecule has 0 aromatic heterocycles. The van der Waals surface area contributed by atoms with Gasteiger partial charge in [-0.05, 0) is 34.6 Å². The summed E-state index contributed by atoms with van der Waals surface area (Å²) in [6.07, 6.45) is -1.84. The van der Waals surface area contributed by atoms with Crippen molar-refractivity contribution < 1.29 is 28.7 Å². The second kappa shape index (κ2) is 9.44. The minimum absolute atomic E-state index is 0.0653. The van der Waals surface area contributed by atoms with Crippen molar-refractivity contribution in [2.75, 3.05) is 6.61 Å². The maximum absolute atomic E-state index is 12.6. The van der Waals surface area contributed by atoms with Crippen LogP contribution in [-0.4, -0.2) is 42.6 Å². The van der Waals surface area contributed by atoms with E-state index < -0.39 is 36.0 Å². The van der Waals surface area contributed by atoms with Gasteiger partial charge in [0.25, 0.3) is 5.91 Å². The molecular weight excluding hydrogens is 424 g/mol. The lowest BCUT2D eigenvalue weighted by Gasteiger charge is -2.21. The van der Waals surface area contributed by atoms with E-state index >= 15 is 0 Å². The minimum atomic E-state index is -1.18. The van der Waals surface area contributed by atoms with Crippen LogP contribution in [0.1, 0.15) is 43.7 Å². The maximum atomic E-state index is 12.6. The molecular formula is C25H26N2O6. The first-order valence-corrected chi connectivity index (χ1v) is 11.0. The van der Waals surface area contributed by atoms with Gasteiger partial charge in [-0.25, -0.2) is 9.59 Å². The monoisotopic (exact) mass is 450 g/mol. The fraction of sp³-hybridized carbons (Fsp3) is 0.360. The van der Waals surface area contributed by atoms with Gasteiger partial charge in [0.1, 0.15) is 12.6 Å². The molecule has 1 heterocycles. The van der Waals surface area contributed by atoms with E-state index in [1.54, 1.807) is 0 Å². The summed E-state index contributed by atoms with van der Waals surface area (Å²) >= 11 is 0. The van der Waals surface area contributed by atoms with Gasteiger partial charge in [-0.2, -0.15) is 0 Å². The Balaban J connectivity index is 1.40. The lowest BCUT2D eigenvalue weighted by atomic mass is 9.98. The van der Waals surface area contributed by atoms with Crippen molar-refractivity contribution in [2.45, 2.75) is 44.8 Å². The summed E-state index contributed by atoms with van der Waals surface area (Å²) in [5.41, 5.74) is 4.41. The van der Waals surface area contributed by atoms with Crippen LogP contribution in [0.15, 0.2) is 48.5 Å². The third-order valence-electron chi connectivity index (χ3n) is 5.81. The van der Waals surface area contributed by atoms with Gasteiger partial charge < -0.3 is 14.8 Å². The van der Waals surface area contributed by atoms with Crippen LogP contribution in [0.4, 0.5) is 4.79 Å². The van der Waals surface area contributed by atoms with Gasteiger partial charge in [-0.1, -0.05) is 62.4 Å². The molecule has 4 rings (SSSR count). The maximum Gasteiger partial charge on any atom is 0.407 e. The highest BCUT2D eigenvalue weighted by Crippen LogP contribution is 2.44. The summed E-state index contributed by atoms with van der Waals surface area (Å²) in [5, 5.41) is 4.66. The number of carbonyl (C=O) groups excluding carboxylic acids is 4. The largest absolute Gasteiger partial charge is 0.450 e. The number of alkyl carbamates (subject to hydrolysis) is 1. The van der Waals surface area contributed by atoms with Gasteiger partial charge in [-0.15, -0.1) is 0 Å². The predicted molar refractivity (Wildman–Crippen MR) is 119 cm³/mol. The normalized spacial score (nSPS) is 17.8. The zero-order valence-corrected chi connectivity index (χ0v) is 18.5. The number of fused-ring (bicyclic) bond motifs is 3. The van der Waals surface area contributed by atoms with E-state index in [4.69, 9.17) is 9.47 Å². The molecule has 1 aliphatic heterocycles. The zero-order chi connectivity index (χ0) is 23.5. The van der Waals surface area contributed by atoms with E-state index in [1.807, 2.05) is 62.4 Å². The number of esters is 1. The van der Waals surface area contributed by atoms with Crippen molar-refractivity contribution in [2.24, 2.45) is 5.92 Å². The Kier molecular flexibility index (Phi) is 6.44. The summed E-state index contributed by atoms with van der Waals surface area (Å²) in [4.78, 5) is 48.3. The first-order chi connectivity index (χ1) is 15.8. The lowest BCUT2D eigenvalue weighted by Crippen LogP contribution is -2.45. The molecule has 3 amide bonds. The first kappa shape index (κ1) is 22.5. The number of imide groups is 1. The molecule has 1 saturated heterocycles. The molecule has 0 radical (unpaired) electrons. The lowest BCUT2D eigenvalue weighted by molar-refractivity contribution is -0.156. The summed E-state index contributed by atoms with van der Waals surface area (Å²) in [6, 6.07) is 15.0. The van der Waals surface area contributed by atoms with Crippen LogP contribution in [-0.2, 0) is 23.9 Å². The number of amides is 3. The molecule has 1 unspecified atom stereocenters. The highest BCUT2D eigenvalue weighted by Gasteiger charge is 2.36. The minimum Gasteiger partial charge on any atom is -0.450 e. The van der Waals surface area contributed by atoms with Crippen molar-refractivity contribution in [3.63, 3.8) is 0 Å². The van der Waals surface area contributed by atoms with E-state index in [9.17, 15) is 19.2 Å². The Bertz CT molecular complexity index is 1050. The Morgan fingerprint density at radius 1 is 1.03 bits per heavy atom. The number of nitrogens with one attached hydrogen (secondary N) is 2. The van der Waals surface area contributed by atoms with Gasteiger partial charge in [0.15, 0.2) is 6.10 Å². The number of rotatable bonds is 7. The summed E-state index contributed by atoms with van der Waals surface area (Å²) < 4.78 is 10.7. The molecule has 0 bridgehead atoms. The highest BCUT2D eigenvalue weighted by atomic mass is 16.6. The molecule has 2 aliphatic rings. The molecule has 1 fully saturated rings. The van der Waals surface area contributed by atoms with Crippen LogP contribution >= 0.6 is 0 Å². The van der Waals surface area contributed by atoms with Crippen LogP contribution in [0, 0.1) is 5.92 Å². The number of ether oxygens (including phenoxy) is 2. The van der Waals surface area contributed by atoms with Crippen molar-refractivity contribution in [3.8, 4) is 11.1 Å². The van der Waals surface area contributed by atoms with Gasteiger partial charge in [0.2, 0.25) is 5.91 Å². The molecule has 2 N–H and O–H groups in total. The average molecular weight is 450 g/mol. The molecule has 0 spiro atoms. The SMILES string of the molecule is CC(C)C[C@H](NC(=O)OCC1c2ccccc2-c2ccccc21)C(=O)OC1CC(=O)NC1=O. The van der Waals surface area contributed by atoms with Crippen molar-refractivity contribution in [1.29, 1.82) is 0 Å². The van der Waals surface area contributed by atoms with Gasteiger partial charge in [0, 0.05) is 5.92 Å². The van der Waals surface area contributed by atoms with Crippen LogP contribution in [0.25, 0.3) is 11.1 Å². The molecule has 172 valence electrons.